The number of phenols is 1. The Hall–Kier alpha value is -1.82. The third-order valence-electron chi connectivity index (χ3n) is 1.97. The molecule has 0 amide bonds. The van der Waals surface area contributed by atoms with Crippen LogP contribution in [0.15, 0.2) is 18.2 Å². The lowest BCUT2D eigenvalue weighted by Crippen LogP contribution is -1.97. The van der Waals surface area contributed by atoms with Crippen LogP contribution in [0.2, 0.25) is 0 Å². The van der Waals surface area contributed by atoms with E-state index in [1.54, 1.807) is 19.1 Å². The molecule has 0 spiro atoms. The molecule has 1 aromatic rings. The van der Waals surface area contributed by atoms with Crippen molar-refractivity contribution in [3.05, 3.63) is 29.3 Å². The number of hydrogen-bond acceptors (Lipinski definition) is 3. The van der Waals surface area contributed by atoms with Crippen molar-refractivity contribution in [3.63, 3.8) is 0 Å². The lowest BCUT2D eigenvalue weighted by Gasteiger charge is -2.03. The van der Waals surface area contributed by atoms with E-state index in [1.165, 1.54) is 6.07 Å². The molecule has 1 N–H and O–H groups in total. The van der Waals surface area contributed by atoms with Crippen LogP contribution in [0, 0.1) is 11.3 Å². The summed E-state index contributed by atoms with van der Waals surface area (Å²) in [5.74, 6) is -0.129. The fraction of sp³-hybridized carbons (Fsp3) is 0.273. The van der Waals surface area contributed by atoms with E-state index >= 15 is 0 Å². The molecule has 0 radical (unpaired) electrons. The van der Waals surface area contributed by atoms with Gasteiger partial charge >= 0.3 is 0 Å². The van der Waals surface area contributed by atoms with E-state index in [0.717, 1.165) is 5.56 Å². The summed E-state index contributed by atoms with van der Waals surface area (Å²) in [6, 6.07) is 6.69. The predicted octanol–water partition coefficient (Wildman–Crippen LogP) is 2.05. The van der Waals surface area contributed by atoms with Crippen LogP contribution in [0.1, 0.15) is 29.3 Å². The average molecular weight is 189 g/mol. The van der Waals surface area contributed by atoms with Crippen LogP contribution < -0.4 is 0 Å². The first-order valence-electron chi connectivity index (χ1n) is 4.41. The maximum Gasteiger partial charge on any atom is 0.166 e. The van der Waals surface area contributed by atoms with Gasteiger partial charge < -0.3 is 5.11 Å². The van der Waals surface area contributed by atoms with Crippen LogP contribution in [-0.4, -0.2) is 10.9 Å². The third-order valence-corrected chi connectivity index (χ3v) is 1.97. The highest BCUT2D eigenvalue weighted by atomic mass is 16.3. The van der Waals surface area contributed by atoms with E-state index in [4.69, 9.17) is 5.26 Å². The molecule has 0 unspecified atom stereocenters. The molecule has 1 rings (SSSR count). The number of hydrogen-bond donors (Lipinski definition) is 1. The molecule has 0 atom stereocenters. The fourth-order valence-electron chi connectivity index (χ4n) is 1.20. The van der Waals surface area contributed by atoms with Crippen LogP contribution in [0.3, 0.4) is 0 Å². The number of aromatic hydroxyl groups is 1. The number of carbonyl (C=O) groups excluding carboxylic acids is 1. The number of rotatable bonds is 3. The second-order valence-electron chi connectivity index (χ2n) is 2.96. The zero-order chi connectivity index (χ0) is 10.6. The molecule has 0 aliphatic carbocycles. The van der Waals surface area contributed by atoms with Crippen LogP contribution in [-0.2, 0) is 6.42 Å². The first-order chi connectivity index (χ1) is 6.69. The zero-order valence-corrected chi connectivity index (χ0v) is 7.95. The van der Waals surface area contributed by atoms with Crippen molar-refractivity contribution in [1.29, 1.82) is 5.26 Å². The van der Waals surface area contributed by atoms with Crippen molar-refractivity contribution < 1.29 is 9.90 Å². The summed E-state index contributed by atoms with van der Waals surface area (Å²) in [5, 5.41) is 17.9. The van der Waals surface area contributed by atoms with Gasteiger partial charge in [-0.2, -0.15) is 5.26 Å². The minimum Gasteiger partial charge on any atom is -0.507 e. The molecule has 0 aliphatic rings. The average Bonchev–Trinajstić information content (AvgIpc) is 2.17. The second kappa shape index (κ2) is 4.43. The molecular formula is C11H11NO2. The Balaban J connectivity index is 3.02. The molecule has 72 valence electrons. The van der Waals surface area contributed by atoms with Crippen molar-refractivity contribution in [2.24, 2.45) is 0 Å². The Kier molecular flexibility index (Phi) is 3.24. The van der Waals surface area contributed by atoms with Gasteiger partial charge in [-0.05, 0) is 17.7 Å². The molecule has 3 nitrogen and oxygen atoms in total. The van der Waals surface area contributed by atoms with Gasteiger partial charge in [-0.1, -0.05) is 13.0 Å². The summed E-state index contributed by atoms with van der Waals surface area (Å²) in [6.07, 6.45) is 0.610. The number of nitriles is 1. The highest BCUT2D eigenvalue weighted by Gasteiger charge is 2.08. The van der Waals surface area contributed by atoms with Crippen molar-refractivity contribution in [1.82, 2.24) is 0 Å². The summed E-state index contributed by atoms with van der Waals surface area (Å²) < 4.78 is 0. The Bertz CT molecular complexity index is 391. The number of phenolic OH excluding ortho intramolecular Hbond substituents is 1. The van der Waals surface area contributed by atoms with E-state index in [1.807, 2.05) is 6.07 Å². The van der Waals surface area contributed by atoms with E-state index in [9.17, 15) is 9.90 Å². The monoisotopic (exact) mass is 189 g/mol. The highest BCUT2D eigenvalue weighted by Crippen LogP contribution is 2.20. The number of Topliss-reactive ketones (excluding diaryl/α,β-unsaturated/α-hetero) is 1. The highest BCUT2D eigenvalue weighted by molar-refractivity contribution is 5.98. The van der Waals surface area contributed by atoms with Gasteiger partial charge in [-0.15, -0.1) is 0 Å². The molecule has 0 fully saturated rings. The van der Waals surface area contributed by atoms with E-state index in [-0.39, 0.29) is 18.0 Å². The quantitative estimate of drug-likeness (QED) is 0.740. The first kappa shape index (κ1) is 10.3. The SMILES string of the molecule is CCC(=O)c1ccc(CC#N)cc1O. The van der Waals surface area contributed by atoms with E-state index in [0.29, 0.717) is 12.0 Å². The largest absolute Gasteiger partial charge is 0.507 e. The summed E-state index contributed by atoms with van der Waals surface area (Å²) in [7, 11) is 0. The van der Waals surface area contributed by atoms with E-state index < -0.39 is 0 Å². The zero-order valence-electron chi connectivity index (χ0n) is 7.95. The molecule has 1 aromatic carbocycles. The van der Waals surface area contributed by atoms with Gasteiger partial charge in [-0.3, -0.25) is 4.79 Å². The van der Waals surface area contributed by atoms with Crippen LogP contribution in [0.5, 0.6) is 5.75 Å². The second-order valence-corrected chi connectivity index (χ2v) is 2.96. The summed E-state index contributed by atoms with van der Waals surface area (Å²) in [4.78, 5) is 11.3. The molecule has 14 heavy (non-hydrogen) atoms. The lowest BCUT2D eigenvalue weighted by molar-refractivity contribution is 0.0985. The molecule has 0 bridgehead atoms. The summed E-state index contributed by atoms with van der Waals surface area (Å²) >= 11 is 0. The molecule has 3 heteroatoms. The standard InChI is InChI=1S/C11H11NO2/c1-2-10(13)9-4-3-8(5-6-12)7-11(9)14/h3-4,7,14H,2,5H2,1H3. The maximum absolute atomic E-state index is 11.3. The first-order valence-corrected chi connectivity index (χ1v) is 4.41. The van der Waals surface area contributed by atoms with Crippen LogP contribution >= 0.6 is 0 Å². The van der Waals surface area contributed by atoms with Gasteiger partial charge in [0.2, 0.25) is 0 Å². The topological polar surface area (TPSA) is 61.1 Å². The van der Waals surface area contributed by atoms with Crippen LogP contribution in [0.25, 0.3) is 0 Å². The minimum atomic E-state index is -0.0917. The molecular weight excluding hydrogens is 178 g/mol. The van der Waals surface area contributed by atoms with Gasteiger partial charge in [0.05, 0.1) is 18.1 Å². The Morgan fingerprint density at radius 1 is 1.57 bits per heavy atom. The number of nitrogens with zero attached hydrogens (tertiary/aromatic N) is 1. The Morgan fingerprint density at radius 2 is 2.29 bits per heavy atom. The lowest BCUT2D eigenvalue weighted by atomic mass is 10.0. The van der Waals surface area contributed by atoms with Gasteiger partial charge in [0.15, 0.2) is 5.78 Å². The molecule has 0 aliphatic heterocycles. The van der Waals surface area contributed by atoms with Gasteiger partial charge in [0, 0.05) is 6.42 Å². The predicted molar refractivity (Wildman–Crippen MR) is 52.0 cm³/mol. The van der Waals surface area contributed by atoms with Crippen LogP contribution in [0.4, 0.5) is 0 Å². The molecule has 0 aromatic heterocycles. The number of benzene rings is 1. The van der Waals surface area contributed by atoms with Crippen molar-refractivity contribution in [2.75, 3.05) is 0 Å². The van der Waals surface area contributed by atoms with Gasteiger partial charge in [-0.25, -0.2) is 0 Å². The van der Waals surface area contributed by atoms with Crippen molar-refractivity contribution in [3.8, 4) is 11.8 Å². The fourth-order valence-corrected chi connectivity index (χ4v) is 1.20. The normalized spacial score (nSPS) is 9.43. The number of carbonyl (C=O) groups is 1. The van der Waals surface area contributed by atoms with Crippen molar-refractivity contribution in [2.45, 2.75) is 19.8 Å². The molecule has 0 saturated heterocycles. The minimum absolute atomic E-state index is 0.0374. The Morgan fingerprint density at radius 3 is 2.79 bits per heavy atom. The number of ketones is 1. The smallest absolute Gasteiger partial charge is 0.166 e. The molecule has 0 heterocycles. The third kappa shape index (κ3) is 2.11. The summed E-state index contributed by atoms with van der Waals surface area (Å²) in [5.41, 5.74) is 1.05. The van der Waals surface area contributed by atoms with E-state index in [2.05, 4.69) is 0 Å². The maximum atomic E-state index is 11.3. The summed E-state index contributed by atoms with van der Waals surface area (Å²) in [6.45, 7) is 1.74. The van der Waals surface area contributed by atoms with Gasteiger partial charge in [0.25, 0.3) is 0 Å². The van der Waals surface area contributed by atoms with Gasteiger partial charge in [0.1, 0.15) is 5.75 Å². The van der Waals surface area contributed by atoms with Crippen molar-refractivity contribution >= 4 is 5.78 Å². The molecule has 0 saturated carbocycles. The Labute approximate surface area is 82.6 Å².